The molecule has 1 amide bonds. The minimum Gasteiger partial charge on any atom is -0.320 e. The number of hydrogen-bond donors (Lipinski definition) is 2. The van der Waals surface area contributed by atoms with E-state index in [1.54, 1.807) is 19.2 Å². The summed E-state index contributed by atoms with van der Waals surface area (Å²) in [7, 11) is 1.63. The van der Waals surface area contributed by atoms with Gasteiger partial charge in [-0.25, -0.2) is 8.78 Å². The number of anilines is 1. The summed E-state index contributed by atoms with van der Waals surface area (Å²) in [6, 6.07) is 6.11. The highest BCUT2D eigenvalue weighted by atomic mass is 35.5. The van der Waals surface area contributed by atoms with E-state index in [4.69, 9.17) is 0 Å². The zero-order chi connectivity index (χ0) is 13.8. The molecular weight excluding hydrogens is 288 g/mol. The molecule has 0 atom stereocenters. The number of carbonyl (C=O) groups excluding carboxylic acids is 1. The van der Waals surface area contributed by atoms with Crippen LogP contribution in [0.5, 0.6) is 0 Å². The number of alkyl halides is 4. The van der Waals surface area contributed by atoms with Gasteiger partial charge in [-0.3, -0.25) is 4.79 Å². The zero-order valence-corrected chi connectivity index (χ0v) is 10.7. The second-order valence-corrected chi connectivity index (χ2v) is 3.57. The van der Waals surface area contributed by atoms with E-state index in [9.17, 15) is 22.4 Å². The van der Waals surface area contributed by atoms with Gasteiger partial charge in [-0.15, -0.1) is 12.4 Å². The van der Waals surface area contributed by atoms with E-state index in [-0.39, 0.29) is 18.1 Å². The van der Waals surface area contributed by atoms with Crippen LogP contribution in [0, 0.1) is 0 Å². The van der Waals surface area contributed by atoms with E-state index < -0.39 is 18.3 Å². The van der Waals surface area contributed by atoms with Crippen LogP contribution in [0.2, 0.25) is 0 Å². The first-order valence-corrected chi connectivity index (χ1v) is 5.09. The molecule has 0 aliphatic rings. The van der Waals surface area contributed by atoms with E-state index in [1.807, 2.05) is 5.32 Å². The third-order valence-corrected chi connectivity index (χ3v) is 2.21. The average molecular weight is 301 g/mol. The summed E-state index contributed by atoms with van der Waals surface area (Å²) < 4.78 is 49.5. The maximum Gasteiger partial charge on any atom is 0.383 e. The molecule has 8 heteroatoms. The first-order chi connectivity index (χ1) is 8.39. The van der Waals surface area contributed by atoms with Crippen LogP contribution in [-0.4, -0.2) is 25.3 Å². The van der Waals surface area contributed by atoms with E-state index in [1.165, 1.54) is 12.1 Å². The van der Waals surface area contributed by atoms with Gasteiger partial charge < -0.3 is 10.6 Å². The van der Waals surface area contributed by atoms with E-state index in [0.29, 0.717) is 12.1 Å². The minimum atomic E-state index is -4.70. The van der Waals surface area contributed by atoms with Crippen LogP contribution in [0.4, 0.5) is 23.2 Å². The highest BCUT2D eigenvalue weighted by Gasteiger charge is 2.49. The molecule has 0 aliphatic carbocycles. The lowest BCUT2D eigenvalue weighted by Gasteiger charge is -2.16. The summed E-state index contributed by atoms with van der Waals surface area (Å²) in [5.74, 6) is -6.71. The first-order valence-electron chi connectivity index (χ1n) is 5.09. The van der Waals surface area contributed by atoms with Crippen molar-refractivity contribution in [1.29, 1.82) is 0 Å². The summed E-state index contributed by atoms with van der Waals surface area (Å²) in [6.07, 6.45) is -4.03. The maximum atomic E-state index is 12.8. The van der Waals surface area contributed by atoms with Crippen molar-refractivity contribution in [2.75, 3.05) is 12.4 Å². The quantitative estimate of drug-likeness (QED) is 0.821. The van der Waals surface area contributed by atoms with Gasteiger partial charge in [0.15, 0.2) is 0 Å². The predicted octanol–water partition coefficient (Wildman–Crippen LogP) is 2.67. The van der Waals surface area contributed by atoms with Crippen molar-refractivity contribution in [2.24, 2.45) is 0 Å². The summed E-state index contributed by atoms with van der Waals surface area (Å²) in [4.78, 5) is 11.1. The highest BCUT2D eigenvalue weighted by Crippen LogP contribution is 2.25. The molecule has 0 saturated carbocycles. The Morgan fingerprint density at radius 3 is 2.42 bits per heavy atom. The van der Waals surface area contributed by atoms with Crippen molar-refractivity contribution in [3.05, 3.63) is 29.8 Å². The lowest BCUT2D eigenvalue weighted by Crippen LogP contribution is -2.41. The second-order valence-electron chi connectivity index (χ2n) is 3.57. The number of para-hydroxylation sites is 1. The molecule has 0 fully saturated rings. The molecular formula is C11H13ClF4N2O. The number of rotatable bonds is 5. The van der Waals surface area contributed by atoms with Gasteiger partial charge in [0, 0.05) is 12.2 Å². The monoisotopic (exact) mass is 300 g/mol. The van der Waals surface area contributed by atoms with Gasteiger partial charge in [0.2, 0.25) is 0 Å². The summed E-state index contributed by atoms with van der Waals surface area (Å²) in [5.41, 5.74) is 0.607. The molecule has 19 heavy (non-hydrogen) atoms. The normalized spacial score (nSPS) is 11.1. The van der Waals surface area contributed by atoms with Crippen LogP contribution in [0.25, 0.3) is 0 Å². The van der Waals surface area contributed by atoms with Crippen molar-refractivity contribution < 1.29 is 22.4 Å². The Morgan fingerprint density at radius 2 is 1.89 bits per heavy atom. The minimum absolute atomic E-state index is 0. The zero-order valence-electron chi connectivity index (χ0n) is 9.92. The first kappa shape index (κ1) is 17.7. The van der Waals surface area contributed by atoms with Crippen molar-refractivity contribution in [3.63, 3.8) is 0 Å². The fourth-order valence-electron chi connectivity index (χ4n) is 1.29. The molecule has 0 aromatic heterocycles. The van der Waals surface area contributed by atoms with E-state index in [2.05, 4.69) is 5.32 Å². The maximum absolute atomic E-state index is 12.8. The van der Waals surface area contributed by atoms with E-state index in [0.717, 1.165) is 0 Å². The molecule has 1 rings (SSSR count). The number of hydrogen-bond acceptors (Lipinski definition) is 2. The van der Waals surface area contributed by atoms with Gasteiger partial charge in [0.25, 0.3) is 0 Å². The van der Waals surface area contributed by atoms with Crippen LogP contribution in [0.15, 0.2) is 24.3 Å². The Bertz CT molecular complexity index is 429. The average Bonchev–Trinajstić information content (AvgIpc) is 2.31. The van der Waals surface area contributed by atoms with E-state index >= 15 is 0 Å². The number of nitrogens with one attached hydrogen (secondary N) is 2. The highest BCUT2D eigenvalue weighted by molar-refractivity contribution is 5.97. The molecule has 0 radical (unpaired) electrons. The molecule has 0 aliphatic heterocycles. The summed E-state index contributed by atoms with van der Waals surface area (Å²) in [5, 5.41) is 4.58. The number of halogens is 5. The van der Waals surface area contributed by atoms with Crippen LogP contribution < -0.4 is 10.6 Å². The summed E-state index contributed by atoms with van der Waals surface area (Å²) in [6.45, 7) is 0.316. The van der Waals surface area contributed by atoms with Gasteiger partial charge in [0.1, 0.15) is 0 Å². The molecule has 1 aromatic rings. The standard InChI is InChI=1S/C11H12F4N2O.ClH/c1-16-6-7-4-2-3-5-8(7)17-10(18)11(14,15)9(12)13;/h2-5,9,16H,6H2,1H3,(H,17,18);1H. The number of amides is 1. The smallest absolute Gasteiger partial charge is 0.320 e. The van der Waals surface area contributed by atoms with Gasteiger partial charge in [-0.05, 0) is 18.7 Å². The van der Waals surface area contributed by atoms with Crippen LogP contribution in [0.1, 0.15) is 5.56 Å². The Hall–Kier alpha value is -1.34. The van der Waals surface area contributed by atoms with Crippen LogP contribution in [-0.2, 0) is 11.3 Å². The van der Waals surface area contributed by atoms with Crippen LogP contribution in [0.3, 0.4) is 0 Å². The lowest BCUT2D eigenvalue weighted by atomic mass is 10.1. The largest absolute Gasteiger partial charge is 0.383 e. The molecule has 0 heterocycles. The van der Waals surface area contributed by atoms with Gasteiger partial charge in [-0.2, -0.15) is 8.78 Å². The Kier molecular flexibility index (Phi) is 6.78. The van der Waals surface area contributed by atoms with Gasteiger partial charge >= 0.3 is 18.3 Å². The third kappa shape index (κ3) is 4.36. The Labute approximate surface area is 113 Å². The SMILES string of the molecule is CNCc1ccccc1NC(=O)C(F)(F)C(F)F.Cl. The van der Waals surface area contributed by atoms with Crippen molar-refractivity contribution in [1.82, 2.24) is 5.32 Å². The third-order valence-electron chi connectivity index (χ3n) is 2.21. The van der Waals surface area contributed by atoms with Crippen LogP contribution >= 0.6 is 12.4 Å². The van der Waals surface area contributed by atoms with Gasteiger partial charge in [-0.1, -0.05) is 18.2 Å². The molecule has 2 N–H and O–H groups in total. The molecule has 3 nitrogen and oxygen atoms in total. The van der Waals surface area contributed by atoms with Crippen molar-refractivity contribution in [3.8, 4) is 0 Å². The Morgan fingerprint density at radius 1 is 1.32 bits per heavy atom. The van der Waals surface area contributed by atoms with Crippen molar-refractivity contribution >= 4 is 24.0 Å². The van der Waals surface area contributed by atoms with Crippen molar-refractivity contribution in [2.45, 2.75) is 18.9 Å². The molecule has 1 aromatic carbocycles. The topological polar surface area (TPSA) is 41.1 Å². The molecule has 108 valence electrons. The number of benzene rings is 1. The fraction of sp³-hybridized carbons (Fsp3) is 0.364. The summed E-state index contributed by atoms with van der Waals surface area (Å²) >= 11 is 0. The number of carbonyl (C=O) groups is 1. The predicted molar refractivity (Wildman–Crippen MR) is 66.0 cm³/mol. The second kappa shape index (κ2) is 7.30. The fourth-order valence-corrected chi connectivity index (χ4v) is 1.29. The molecule has 0 unspecified atom stereocenters. The molecule has 0 spiro atoms. The molecule has 0 bridgehead atoms. The Balaban J connectivity index is 0.00000324. The van der Waals surface area contributed by atoms with Gasteiger partial charge in [0.05, 0.1) is 0 Å². The lowest BCUT2D eigenvalue weighted by molar-refractivity contribution is -0.163. The molecule has 0 saturated heterocycles.